The van der Waals surface area contributed by atoms with Gasteiger partial charge in [-0.2, -0.15) is 0 Å². The summed E-state index contributed by atoms with van der Waals surface area (Å²) < 4.78 is 43.4. The van der Waals surface area contributed by atoms with E-state index in [0.29, 0.717) is 42.6 Å². The van der Waals surface area contributed by atoms with Gasteiger partial charge in [0.2, 0.25) is 0 Å². The van der Waals surface area contributed by atoms with Crippen LogP contribution < -0.4 is 0 Å². The Balaban J connectivity index is 1.30. The second-order valence-corrected chi connectivity index (χ2v) is 9.53. The largest absolute Gasteiger partial charge is 0.339 e. The van der Waals surface area contributed by atoms with E-state index in [1.165, 1.54) is 6.92 Å². The molecule has 1 unspecified atom stereocenters. The number of carbonyl (C=O) groups is 1. The number of hydrogen-bond donors (Lipinski definition) is 1. The number of hydrogen-bond acceptors (Lipinski definition) is 3. The highest BCUT2D eigenvalue weighted by Crippen LogP contribution is 2.33. The number of halogens is 3. The van der Waals surface area contributed by atoms with Gasteiger partial charge in [0.25, 0.3) is 5.91 Å². The number of carbonyl (C=O) groups excluding carboxylic acids is 1. The standard InChI is InChI=1S/C29H27F3N4O/c1-17-13-20(7-8-24(17)27(33)21-14-22(31)16-23(32)15-21)29(37)35-11-9-19(10-12-35)28-34-25-5-3-4-6-26(25)36(28)18(2)30/h3-8,13-16,18-19,33H,9-12H2,1-2H3. The van der Waals surface area contributed by atoms with E-state index in [9.17, 15) is 18.0 Å². The molecular weight excluding hydrogens is 477 g/mol. The summed E-state index contributed by atoms with van der Waals surface area (Å²) in [7, 11) is 0. The highest BCUT2D eigenvalue weighted by Gasteiger charge is 2.29. The summed E-state index contributed by atoms with van der Waals surface area (Å²) >= 11 is 0. The number of amides is 1. The Morgan fingerprint density at radius 2 is 1.68 bits per heavy atom. The fourth-order valence-electron chi connectivity index (χ4n) is 5.18. The first-order valence-corrected chi connectivity index (χ1v) is 12.3. The van der Waals surface area contributed by atoms with Gasteiger partial charge in [-0.1, -0.05) is 18.2 Å². The molecule has 1 aliphatic rings. The third kappa shape index (κ3) is 4.75. The fourth-order valence-corrected chi connectivity index (χ4v) is 5.18. The van der Waals surface area contributed by atoms with Crippen LogP contribution in [0.2, 0.25) is 0 Å². The third-order valence-electron chi connectivity index (χ3n) is 7.02. The van der Waals surface area contributed by atoms with Crippen molar-refractivity contribution in [3.05, 3.63) is 100 Å². The van der Waals surface area contributed by atoms with Gasteiger partial charge in [0.05, 0.1) is 16.7 Å². The number of nitrogens with one attached hydrogen (secondary N) is 1. The average Bonchev–Trinajstić information content (AvgIpc) is 3.27. The lowest BCUT2D eigenvalue weighted by molar-refractivity contribution is 0.0708. The number of benzene rings is 3. The predicted octanol–water partition coefficient (Wildman–Crippen LogP) is 6.55. The van der Waals surface area contributed by atoms with Crippen LogP contribution in [0.25, 0.3) is 11.0 Å². The average molecular weight is 505 g/mol. The number of aromatic nitrogens is 2. The second-order valence-electron chi connectivity index (χ2n) is 9.53. The molecule has 4 aromatic rings. The quantitative estimate of drug-likeness (QED) is 0.314. The molecule has 37 heavy (non-hydrogen) atoms. The van der Waals surface area contributed by atoms with Crippen molar-refractivity contribution in [3.8, 4) is 0 Å². The molecule has 0 radical (unpaired) electrons. The van der Waals surface area contributed by atoms with Crippen LogP contribution in [0.5, 0.6) is 0 Å². The van der Waals surface area contributed by atoms with Gasteiger partial charge in [0, 0.05) is 41.8 Å². The van der Waals surface area contributed by atoms with Gasteiger partial charge in [-0.25, -0.2) is 18.2 Å². The van der Waals surface area contributed by atoms with Crippen LogP contribution in [0.1, 0.15) is 64.9 Å². The maximum absolute atomic E-state index is 14.5. The van der Waals surface area contributed by atoms with Crippen LogP contribution >= 0.6 is 0 Å². The van der Waals surface area contributed by atoms with E-state index in [-0.39, 0.29) is 23.1 Å². The Morgan fingerprint density at radius 1 is 1.00 bits per heavy atom. The molecule has 2 heterocycles. The normalized spacial score (nSPS) is 15.2. The molecular formula is C29H27F3N4O. The van der Waals surface area contributed by atoms with Gasteiger partial charge in [-0.3, -0.25) is 14.8 Å². The van der Waals surface area contributed by atoms with E-state index in [2.05, 4.69) is 0 Å². The third-order valence-corrected chi connectivity index (χ3v) is 7.02. The number of piperidine rings is 1. The molecule has 1 fully saturated rings. The van der Waals surface area contributed by atoms with Gasteiger partial charge in [-0.15, -0.1) is 0 Å². The second kappa shape index (κ2) is 9.84. The number of alkyl halides is 1. The summed E-state index contributed by atoms with van der Waals surface area (Å²) in [5.74, 6) is -0.848. The summed E-state index contributed by atoms with van der Waals surface area (Å²) in [5.41, 5.74) is 3.31. The highest BCUT2D eigenvalue weighted by molar-refractivity contribution is 6.12. The van der Waals surface area contributed by atoms with Gasteiger partial charge in [0.1, 0.15) is 17.5 Å². The Kier molecular flexibility index (Phi) is 6.58. The zero-order valence-corrected chi connectivity index (χ0v) is 20.6. The van der Waals surface area contributed by atoms with Crippen molar-refractivity contribution in [2.75, 3.05) is 13.1 Å². The maximum atomic E-state index is 14.5. The van der Waals surface area contributed by atoms with Crippen molar-refractivity contribution in [2.24, 2.45) is 0 Å². The zero-order valence-electron chi connectivity index (χ0n) is 20.6. The summed E-state index contributed by atoms with van der Waals surface area (Å²) in [6.07, 6.45) is 0.148. The minimum Gasteiger partial charge on any atom is -0.339 e. The zero-order chi connectivity index (χ0) is 26.3. The first-order chi connectivity index (χ1) is 17.7. The number of fused-ring (bicyclic) bond motifs is 1. The molecule has 0 bridgehead atoms. The van der Waals surface area contributed by atoms with Crippen molar-refractivity contribution in [2.45, 2.75) is 38.9 Å². The first-order valence-electron chi connectivity index (χ1n) is 12.3. The SMILES string of the molecule is Cc1cc(C(=O)N2CCC(c3nc4ccccc4n3C(C)F)CC2)ccc1C(=N)c1cc(F)cc(F)c1. The Morgan fingerprint density at radius 3 is 2.32 bits per heavy atom. The lowest BCUT2D eigenvalue weighted by Gasteiger charge is -2.32. The topological polar surface area (TPSA) is 62.0 Å². The first kappa shape index (κ1) is 24.7. The van der Waals surface area contributed by atoms with Gasteiger partial charge in [-0.05, 0) is 68.7 Å². The molecule has 1 saturated heterocycles. The molecule has 1 aromatic heterocycles. The van der Waals surface area contributed by atoms with E-state index in [4.69, 9.17) is 10.4 Å². The summed E-state index contributed by atoms with van der Waals surface area (Å²) in [6, 6.07) is 15.5. The highest BCUT2D eigenvalue weighted by atomic mass is 19.1. The lowest BCUT2D eigenvalue weighted by Crippen LogP contribution is -2.38. The van der Waals surface area contributed by atoms with Crippen LogP contribution in [-0.2, 0) is 0 Å². The molecule has 0 spiro atoms. The van der Waals surface area contributed by atoms with Crippen molar-refractivity contribution in [1.82, 2.24) is 14.5 Å². The van der Waals surface area contributed by atoms with E-state index in [1.807, 2.05) is 24.3 Å². The number of imidazole rings is 1. The molecule has 5 rings (SSSR count). The van der Waals surface area contributed by atoms with Gasteiger partial charge < -0.3 is 4.90 Å². The molecule has 1 aliphatic heterocycles. The Bertz CT molecular complexity index is 1480. The fraction of sp³-hybridized carbons (Fsp3) is 0.276. The summed E-state index contributed by atoms with van der Waals surface area (Å²) in [6.45, 7) is 4.32. The molecule has 1 N–H and O–H groups in total. The molecule has 1 amide bonds. The van der Waals surface area contributed by atoms with E-state index < -0.39 is 17.9 Å². The van der Waals surface area contributed by atoms with Crippen molar-refractivity contribution < 1.29 is 18.0 Å². The molecule has 190 valence electrons. The molecule has 8 heteroatoms. The molecule has 1 atom stereocenters. The van der Waals surface area contributed by atoms with Gasteiger partial charge >= 0.3 is 0 Å². The summed E-state index contributed by atoms with van der Waals surface area (Å²) in [5, 5.41) is 8.41. The molecule has 5 nitrogen and oxygen atoms in total. The number of para-hydroxylation sites is 2. The maximum Gasteiger partial charge on any atom is 0.253 e. The molecule has 0 saturated carbocycles. The van der Waals surface area contributed by atoms with Crippen LogP contribution in [0, 0.1) is 24.0 Å². The minimum atomic E-state index is -1.20. The van der Waals surface area contributed by atoms with Crippen LogP contribution in [0.15, 0.2) is 60.7 Å². The van der Waals surface area contributed by atoms with Crippen molar-refractivity contribution in [1.29, 1.82) is 5.41 Å². The lowest BCUT2D eigenvalue weighted by atomic mass is 9.94. The smallest absolute Gasteiger partial charge is 0.253 e. The predicted molar refractivity (Wildman–Crippen MR) is 137 cm³/mol. The Labute approximate surface area is 213 Å². The van der Waals surface area contributed by atoms with E-state index in [1.54, 1.807) is 34.6 Å². The van der Waals surface area contributed by atoms with Crippen LogP contribution in [-0.4, -0.2) is 39.2 Å². The molecule has 3 aromatic carbocycles. The molecule has 0 aliphatic carbocycles. The van der Waals surface area contributed by atoms with E-state index >= 15 is 0 Å². The summed E-state index contributed by atoms with van der Waals surface area (Å²) in [4.78, 5) is 19.7. The number of nitrogens with zero attached hydrogens (tertiary/aromatic N) is 3. The van der Waals surface area contributed by atoms with E-state index in [0.717, 1.165) is 35.1 Å². The van der Waals surface area contributed by atoms with Gasteiger partial charge in [0.15, 0.2) is 6.30 Å². The monoisotopic (exact) mass is 504 g/mol. The number of aryl methyl sites for hydroxylation is 1. The van der Waals surface area contributed by atoms with Crippen molar-refractivity contribution >= 4 is 22.7 Å². The van der Waals surface area contributed by atoms with Crippen molar-refractivity contribution in [3.63, 3.8) is 0 Å². The number of likely N-dealkylation sites (tertiary alicyclic amines) is 1. The minimum absolute atomic E-state index is 0.0132. The van der Waals surface area contributed by atoms with Crippen LogP contribution in [0.3, 0.4) is 0 Å². The van der Waals surface area contributed by atoms with Crippen LogP contribution in [0.4, 0.5) is 13.2 Å². The Hall–Kier alpha value is -3.94. The number of rotatable bonds is 5.